The molecule has 33 heavy (non-hydrogen) atoms. The molecule has 0 spiro atoms. The van der Waals surface area contributed by atoms with Crippen molar-refractivity contribution in [2.24, 2.45) is 0 Å². The van der Waals surface area contributed by atoms with Gasteiger partial charge in [0.1, 0.15) is 35.0 Å². The lowest BCUT2D eigenvalue weighted by molar-refractivity contribution is -0.131. The number of rotatable bonds is 7. The zero-order valence-corrected chi connectivity index (χ0v) is 17.4. The van der Waals surface area contributed by atoms with Gasteiger partial charge in [0.05, 0.1) is 11.1 Å². The van der Waals surface area contributed by atoms with Crippen molar-refractivity contribution in [1.29, 1.82) is 10.5 Å². The lowest BCUT2D eigenvalue weighted by Crippen LogP contribution is -2.14. The van der Waals surface area contributed by atoms with E-state index in [9.17, 15) is 19.6 Å². The second kappa shape index (κ2) is 10.4. The van der Waals surface area contributed by atoms with E-state index in [-0.39, 0.29) is 33.8 Å². The molecular formula is C25H16N2O6. The summed E-state index contributed by atoms with van der Waals surface area (Å²) in [5, 5.41) is 18.4. The minimum Gasteiger partial charge on any atom is -0.456 e. The fourth-order valence-electron chi connectivity index (χ4n) is 2.81. The summed E-state index contributed by atoms with van der Waals surface area (Å²) in [6, 6.07) is 20.4. The maximum atomic E-state index is 12.4. The van der Waals surface area contributed by atoms with Crippen LogP contribution in [-0.4, -0.2) is 24.3 Å². The first-order valence-electron chi connectivity index (χ1n) is 9.61. The van der Waals surface area contributed by atoms with Crippen molar-refractivity contribution in [2.75, 3.05) is 6.61 Å². The SMILES string of the molecule is CC(=O)Oc1ccc(C(=O)COC(=O)c2cccc(Oc3cccc(C#N)c3C#N)c2)cc1. The van der Waals surface area contributed by atoms with Gasteiger partial charge in [-0.15, -0.1) is 0 Å². The highest BCUT2D eigenvalue weighted by atomic mass is 16.5. The third-order valence-corrected chi connectivity index (χ3v) is 4.33. The number of ether oxygens (including phenoxy) is 3. The number of hydrogen-bond acceptors (Lipinski definition) is 8. The van der Waals surface area contributed by atoms with Crippen LogP contribution in [0.15, 0.2) is 66.7 Å². The Labute approximate surface area is 189 Å². The van der Waals surface area contributed by atoms with Crippen LogP contribution in [-0.2, 0) is 9.53 Å². The van der Waals surface area contributed by atoms with Crippen molar-refractivity contribution in [3.63, 3.8) is 0 Å². The number of benzene rings is 3. The molecule has 0 aliphatic rings. The maximum absolute atomic E-state index is 12.4. The molecule has 0 unspecified atom stereocenters. The number of carbonyl (C=O) groups is 3. The molecule has 0 atom stereocenters. The van der Waals surface area contributed by atoms with Crippen LogP contribution >= 0.6 is 0 Å². The van der Waals surface area contributed by atoms with Crippen LogP contribution in [0.1, 0.15) is 38.8 Å². The van der Waals surface area contributed by atoms with E-state index in [1.54, 1.807) is 18.2 Å². The first-order valence-corrected chi connectivity index (χ1v) is 9.61. The highest BCUT2D eigenvalue weighted by molar-refractivity contribution is 5.99. The van der Waals surface area contributed by atoms with Gasteiger partial charge in [0.25, 0.3) is 0 Å². The van der Waals surface area contributed by atoms with E-state index in [1.807, 2.05) is 12.1 Å². The van der Waals surface area contributed by atoms with Gasteiger partial charge in [-0.2, -0.15) is 10.5 Å². The molecule has 0 amide bonds. The molecule has 0 saturated heterocycles. The summed E-state index contributed by atoms with van der Waals surface area (Å²) in [7, 11) is 0. The van der Waals surface area contributed by atoms with E-state index in [1.165, 1.54) is 55.5 Å². The van der Waals surface area contributed by atoms with Gasteiger partial charge >= 0.3 is 11.9 Å². The van der Waals surface area contributed by atoms with Crippen molar-refractivity contribution in [3.8, 4) is 29.4 Å². The van der Waals surface area contributed by atoms with Gasteiger partial charge in [-0.05, 0) is 54.6 Å². The summed E-state index contributed by atoms with van der Waals surface area (Å²) in [5.41, 5.74) is 0.681. The molecule has 3 rings (SSSR count). The van der Waals surface area contributed by atoms with Crippen molar-refractivity contribution in [1.82, 2.24) is 0 Å². The number of esters is 2. The summed E-state index contributed by atoms with van der Waals surface area (Å²) >= 11 is 0. The Kier molecular flexibility index (Phi) is 7.15. The highest BCUT2D eigenvalue weighted by Gasteiger charge is 2.15. The number of Topliss-reactive ketones (excluding diaryl/α,β-unsaturated/α-hetero) is 1. The molecule has 8 heteroatoms. The molecule has 0 N–H and O–H groups in total. The monoisotopic (exact) mass is 440 g/mol. The van der Waals surface area contributed by atoms with Crippen molar-refractivity contribution >= 4 is 17.7 Å². The lowest BCUT2D eigenvalue weighted by atomic mass is 10.1. The summed E-state index contributed by atoms with van der Waals surface area (Å²) in [4.78, 5) is 35.6. The molecule has 3 aromatic carbocycles. The minimum atomic E-state index is -0.739. The summed E-state index contributed by atoms with van der Waals surface area (Å²) in [6.07, 6.45) is 0. The number of ketones is 1. The van der Waals surface area contributed by atoms with Crippen molar-refractivity contribution in [3.05, 3.63) is 89.0 Å². The van der Waals surface area contributed by atoms with Crippen molar-refractivity contribution in [2.45, 2.75) is 6.92 Å². The fourth-order valence-corrected chi connectivity index (χ4v) is 2.81. The molecule has 0 aromatic heterocycles. The maximum Gasteiger partial charge on any atom is 0.338 e. The average Bonchev–Trinajstić information content (AvgIpc) is 2.82. The van der Waals surface area contributed by atoms with Crippen LogP contribution in [0.3, 0.4) is 0 Å². The van der Waals surface area contributed by atoms with Crippen LogP contribution in [0.25, 0.3) is 0 Å². The Hall–Kier alpha value is -4.95. The van der Waals surface area contributed by atoms with E-state index in [2.05, 4.69) is 0 Å². The van der Waals surface area contributed by atoms with Crippen LogP contribution in [0.4, 0.5) is 0 Å². The molecule has 0 heterocycles. The minimum absolute atomic E-state index is 0.0818. The Morgan fingerprint density at radius 1 is 0.848 bits per heavy atom. The van der Waals surface area contributed by atoms with Gasteiger partial charge in [-0.25, -0.2) is 4.79 Å². The fraction of sp³-hybridized carbons (Fsp3) is 0.0800. The van der Waals surface area contributed by atoms with Gasteiger partial charge in [-0.3, -0.25) is 9.59 Å². The molecule has 0 aliphatic carbocycles. The van der Waals surface area contributed by atoms with Gasteiger partial charge in [0, 0.05) is 12.5 Å². The predicted molar refractivity (Wildman–Crippen MR) is 115 cm³/mol. The Bertz CT molecular complexity index is 1300. The van der Waals surface area contributed by atoms with E-state index in [0.29, 0.717) is 5.75 Å². The quantitative estimate of drug-likeness (QED) is 0.304. The Morgan fingerprint density at radius 2 is 1.58 bits per heavy atom. The van der Waals surface area contributed by atoms with E-state index in [4.69, 9.17) is 19.5 Å². The lowest BCUT2D eigenvalue weighted by Gasteiger charge is -2.10. The summed E-state index contributed by atoms with van der Waals surface area (Å²) in [5.74, 6) is -0.921. The Morgan fingerprint density at radius 3 is 2.24 bits per heavy atom. The molecule has 0 aliphatic heterocycles. The average molecular weight is 440 g/mol. The van der Waals surface area contributed by atoms with Crippen LogP contribution < -0.4 is 9.47 Å². The third kappa shape index (κ3) is 5.81. The highest BCUT2D eigenvalue weighted by Crippen LogP contribution is 2.27. The number of carbonyl (C=O) groups excluding carboxylic acids is 3. The smallest absolute Gasteiger partial charge is 0.338 e. The normalized spacial score (nSPS) is 9.79. The topological polar surface area (TPSA) is 126 Å². The largest absolute Gasteiger partial charge is 0.456 e. The van der Waals surface area contributed by atoms with Crippen LogP contribution in [0.2, 0.25) is 0 Å². The van der Waals surface area contributed by atoms with Crippen molar-refractivity contribution < 1.29 is 28.6 Å². The summed E-state index contributed by atoms with van der Waals surface area (Å²) in [6.45, 7) is 0.782. The van der Waals surface area contributed by atoms with Gasteiger partial charge in [-0.1, -0.05) is 12.1 Å². The standard InChI is InChI=1S/C25H16N2O6/c1-16(28)32-20-10-8-17(9-11-20)23(29)15-31-25(30)18-4-2-6-21(12-18)33-24-7-3-5-19(13-26)22(24)14-27/h2-12H,15H2,1H3. The zero-order chi connectivity index (χ0) is 23.8. The van der Waals surface area contributed by atoms with E-state index >= 15 is 0 Å². The molecule has 0 saturated carbocycles. The van der Waals surface area contributed by atoms with Crippen LogP contribution in [0.5, 0.6) is 17.2 Å². The zero-order valence-electron chi connectivity index (χ0n) is 17.4. The van der Waals surface area contributed by atoms with Gasteiger partial charge in [0.15, 0.2) is 12.4 Å². The van der Waals surface area contributed by atoms with E-state index < -0.39 is 24.3 Å². The number of hydrogen-bond donors (Lipinski definition) is 0. The van der Waals surface area contributed by atoms with E-state index in [0.717, 1.165) is 0 Å². The predicted octanol–water partition coefficient (Wildman–Crippen LogP) is 4.19. The summed E-state index contributed by atoms with van der Waals surface area (Å²) < 4.78 is 15.7. The first-order chi connectivity index (χ1) is 15.9. The molecule has 162 valence electrons. The molecular weight excluding hydrogens is 424 g/mol. The first kappa shape index (κ1) is 22.7. The molecule has 0 radical (unpaired) electrons. The molecule has 0 bridgehead atoms. The molecule has 8 nitrogen and oxygen atoms in total. The number of nitriles is 2. The second-order valence-electron chi connectivity index (χ2n) is 6.65. The van der Waals surface area contributed by atoms with Gasteiger partial charge in [0.2, 0.25) is 0 Å². The number of nitrogens with zero attached hydrogens (tertiary/aromatic N) is 2. The third-order valence-electron chi connectivity index (χ3n) is 4.33. The second-order valence-corrected chi connectivity index (χ2v) is 6.65. The van der Waals surface area contributed by atoms with Gasteiger partial charge < -0.3 is 14.2 Å². The Balaban J connectivity index is 1.66. The molecule has 0 fully saturated rings. The van der Waals surface area contributed by atoms with Crippen LogP contribution in [0, 0.1) is 22.7 Å². The molecule has 3 aromatic rings.